The highest BCUT2D eigenvalue weighted by Gasteiger charge is 2.31. The van der Waals surface area contributed by atoms with Crippen LogP contribution in [0.4, 0.5) is 24.8 Å². The maximum atomic E-state index is 12.7. The number of alkyl halides is 3. The lowest BCUT2D eigenvalue weighted by Gasteiger charge is -2.23. The Labute approximate surface area is 111 Å². The zero-order chi connectivity index (χ0) is 14.6. The molecule has 108 valence electrons. The number of nitrogens with two attached hydrogens (primary N) is 1. The van der Waals surface area contributed by atoms with E-state index in [4.69, 9.17) is 5.73 Å². The lowest BCUT2D eigenvalue weighted by atomic mass is 9.95. The summed E-state index contributed by atoms with van der Waals surface area (Å²) in [5.41, 5.74) is 4.64. The zero-order valence-electron chi connectivity index (χ0n) is 11.4. The van der Waals surface area contributed by atoms with Gasteiger partial charge in [-0.15, -0.1) is 0 Å². The van der Waals surface area contributed by atoms with Crippen LogP contribution < -0.4 is 11.1 Å². The number of rotatable bonds is 5. The van der Waals surface area contributed by atoms with Gasteiger partial charge in [-0.3, -0.25) is 0 Å². The van der Waals surface area contributed by atoms with Crippen LogP contribution in [0.15, 0.2) is 12.1 Å². The highest BCUT2D eigenvalue weighted by atomic mass is 19.4. The van der Waals surface area contributed by atoms with Crippen LogP contribution in [0.1, 0.15) is 39.2 Å². The lowest BCUT2D eigenvalue weighted by Crippen LogP contribution is -2.26. The van der Waals surface area contributed by atoms with Crippen LogP contribution in [0.2, 0.25) is 0 Å². The summed E-state index contributed by atoms with van der Waals surface area (Å²) in [5, 5.41) is 3.01. The van der Waals surface area contributed by atoms with E-state index in [-0.39, 0.29) is 17.7 Å². The quantitative estimate of drug-likeness (QED) is 0.856. The van der Waals surface area contributed by atoms with Crippen molar-refractivity contribution in [1.82, 2.24) is 4.98 Å². The van der Waals surface area contributed by atoms with Crippen LogP contribution in [0, 0.1) is 5.92 Å². The van der Waals surface area contributed by atoms with Crippen molar-refractivity contribution in [2.24, 2.45) is 5.92 Å². The van der Waals surface area contributed by atoms with Gasteiger partial charge in [0.2, 0.25) is 0 Å². The van der Waals surface area contributed by atoms with Gasteiger partial charge < -0.3 is 11.1 Å². The number of nitrogens with one attached hydrogen (secondary N) is 1. The third-order valence-electron chi connectivity index (χ3n) is 3.30. The Morgan fingerprint density at radius 1 is 1.26 bits per heavy atom. The molecule has 1 aromatic heterocycles. The summed E-state index contributed by atoms with van der Waals surface area (Å²) in [7, 11) is 0. The van der Waals surface area contributed by atoms with Gasteiger partial charge in [0.1, 0.15) is 11.6 Å². The van der Waals surface area contributed by atoms with Gasteiger partial charge in [0, 0.05) is 6.04 Å². The molecule has 1 heterocycles. The summed E-state index contributed by atoms with van der Waals surface area (Å²) >= 11 is 0. The molecule has 0 radical (unpaired) electrons. The normalized spacial score (nSPS) is 13.6. The summed E-state index contributed by atoms with van der Waals surface area (Å²) in [6, 6.07) is 1.88. The molecule has 1 atom stereocenters. The number of hydrogen-bond acceptors (Lipinski definition) is 3. The fraction of sp³-hybridized carbons (Fsp3) is 0.615. The van der Waals surface area contributed by atoms with Crippen molar-refractivity contribution in [3.8, 4) is 0 Å². The maximum absolute atomic E-state index is 12.7. The number of pyridine rings is 1. The number of halogens is 3. The average Bonchev–Trinajstić information content (AvgIpc) is 2.28. The van der Waals surface area contributed by atoms with Crippen LogP contribution in [-0.4, -0.2) is 11.0 Å². The second kappa shape index (κ2) is 6.12. The Morgan fingerprint density at radius 3 is 2.32 bits per heavy atom. The molecule has 0 spiro atoms. The van der Waals surface area contributed by atoms with Crippen molar-refractivity contribution >= 4 is 11.6 Å². The molecule has 1 unspecified atom stereocenters. The molecule has 0 aromatic carbocycles. The number of aromatic nitrogens is 1. The molecule has 0 aliphatic heterocycles. The molecular formula is C13H20F3N3. The monoisotopic (exact) mass is 275 g/mol. The van der Waals surface area contributed by atoms with Gasteiger partial charge in [0.15, 0.2) is 0 Å². The largest absolute Gasteiger partial charge is 0.416 e. The highest BCUT2D eigenvalue weighted by Crippen LogP contribution is 2.31. The Bertz CT molecular complexity index is 414. The minimum absolute atomic E-state index is 0.0467. The highest BCUT2D eigenvalue weighted by molar-refractivity contribution is 5.47. The van der Waals surface area contributed by atoms with E-state index in [2.05, 4.69) is 24.1 Å². The summed E-state index contributed by atoms with van der Waals surface area (Å²) < 4.78 is 38.0. The second-order valence-electron chi connectivity index (χ2n) is 4.67. The van der Waals surface area contributed by atoms with Gasteiger partial charge in [-0.25, -0.2) is 4.98 Å². The number of nitrogens with zero attached hydrogens (tertiary/aromatic N) is 1. The van der Waals surface area contributed by atoms with Gasteiger partial charge in [-0.1, -0.05) is 26.7 Å². The standard InChI is InChI=1S/C13H20F3N3/c1-4-9(5-2)8(3)18-12-7-10(13(14,15)16)6-11(17)19-12/h6-9H,4-5H2,1-3H3,(H3,17,18,19). The average molecular weight is 275 g/mol. The molecule has 0 fully saturated rings. The van der Waals surface area contributed by atoms with E-state index in [9.17, 15) is 13.2 Å². The van der Waals surface area contributed by atoms with E-state index in [1.165, 1.54) is 0 Å². The van der Waals surface area contributed by atoms with Gasteiger partial charge in [-0.2, -0.15) is 13.2 Å². The van der Waals surface area contributed by atoms with Gasteiger partial charge in [0.25, 0.3) is 0 Å². The van der Waals surface area contributed by atoms with Crippen molar-refractivity contribution in [3.63, 3.8) is 0 Å². The molecule has 1 aromatic rings. The van der Waals surface area contributed by atoms with E-state index in [0.717, 1.165) is 25.0 Å². The Balaban J connectivity index is 2.93. The van der Waals surface area contributed by atoms with Crippen LogP contribution in [0.3, 0.4) is 0 Å². The second-order valence-corrected chi connectivity index (χ2v) is 4.67. The fourth-order valence-electron chi connectivity index (χ4n) is 2.14. The molecule has 6 heteroatoms. The van der Waals surface area contributed by atoms with Gasteiger partial charge in [0.05, 0.1) is 5.56 Å². The van der Waals surface area contributed by atoms with Crippen LogP contribution >= 0.6 is 0 Å². The van der Waals surface area contributed by atoms with E-state index in [0.29, 0.717) is 5.92 Å². The molecular weight excluding hydrogens is 255 g/mol. The molecule has 0 aliphatic rings. The Kier molecular flexibility index (Phi) is 5.03. The van der Waals surface area contributed by atoms with Gasteiger partial charge in [-0.05, 0) is 25.0 Å². The van der Waals surface area contributed by atoms with Gasteiger partial charge >= 0.3 is 6.18 Å². The van der Waals surface area contributed by atoms with E-state index < -0.39 is 11.7 Å². The van der Waals surface area contributed by atoms with Crippen molar-refractivity contribution in [2.75, 3.05) is 11.1 Å². The van der Waals surface area contributed by atoms with Crippen molar-refractivity contribution in [2.45, 2.75) is 45.8 Å². The third-order valence-corrected chi connectivity index (χ3v) is 3.30. The Hall–Kier alpha value is -1.46. The molecule has 0 saturated carbocycles. The first-order valence-electron chi connectivity index (χ1n) is 6.39. The molecule has 0 amide bonds. The molecule has 3 nitrogen and oxygen atoms in total. The van der Waals surface area contributed by atoms with E-state index in [1.54, 1.807) is 0 Å². The van der Waals surface area contributed by atoms with Crippen LogP contribution in [0.25, 0.3) is 0 Å². The summed E-state index contributed by atoms with van der Waals surface area (Å²) in [5.74, 6) is 0.429. The maximum Gasteiger partial charge on any atom is 0.416 e. The molecule has 19 heavy (non-hydrogen) atoms. The first-order chi connectivity index (χ1) is 8.77. The Morgan fingerprint density at radius 2 is 1.84 bits per heavy atom. The summed E-state index contributed by atoms with van der Waals surface area (Å²) in [4.78, 5) is 3.90. The smallest absolute Gasteiger partial charge is 0.384 e. The van der Waals surface area contributed by atoms with Crippen LogP contribution in [-0.2, 0) is 6.18 Å². The molecule has 0 bridgehead atoms. The first-order valence-corrected chi connectivity index (χ1v) is 6.39. The molecule has 0 aliphatic carbocycles. The summed E-state index contributed by atoms with van der Waals surface area (Å²) in [6.45, 7) is 6.05. The molecule has 1 rings (SSSR count). The number of nitrogen functional groups attached to an aromatic ring is 1. The van der Waals surface area contributed by atoms with Crippen molar-refractivity contribution < 1.29 is 13.2 Å². The van der Waals surface area contributed by atoms with Crippen LogP contribution in [0.5, 0.6) is 0 Å². The third kappa shape index (κ3) is 4.29. The van der Waals surface area contributed by atoms with Crippen molar-refractivity contribution in [1.29, 1.82) is 0 Å². The minimum atomic E-state index is -4.41. The predicted octanol–water partition coefficient (Wildman–Crippen LogP) is 3.92. The predicted molar refractivity (Wildman–Crippen MR) is 70.8 cm³/mol. The first kappa shape index (κ1) is 15.6. The van der Waals surface area contributed by atoms with E-state index >= 15 is 0 Å². The molecule has 0 saturated heterocycles. The van der Waals surface area contributed by atoms with Crippen molar-refractivity contribution in [3.05, 3.63) is 17.7 Å². The lowest BCUT2D eigenvalue weighted by molar-refractivity contribution is -0.137. The van der Waals surface area contributed by atoms with E-state index in [1.807, 2.05) is 6.92 Å². The number of anilines is 2. The SMILES string of the molecule is CCC(CC)C(C)Nc1cc(C(F)(F)F)cc(N)n1. The number of hydrogen-bond donors (Lipinski definition) is 2. The zero-order valence-corrected chi connectivity index (χ0v) is 11.4. The summed E-state index contributed by atoms with van der Waals surface area (Å²) in [6.07, 6.45) is -2.50. The fourth-order valence-corrected chi connectivity index (χ4v) is 2.14. The molecule has 3 N–H and O–H groups in total. The minimum Gasteiger partial charge on any atom is -0.384 e. The topological polar surface area (TPSA) is 50.9 Å².